The van der Waals surface area contributed by atoms with E-state index >= 15 is 0 Å². The van der Waals surface area contributed by atoms with Crippen LogP contribution in [0.4, 0.5) is 0 Å². The zero-order valence-corrected chi connectivity index (χ0v) is 16.5. The number of carbonyl (C=O) groups excluding carboxylic acids is 1. The van der Waals surface area contributed by atoms with Gasteiger partial charge in [0.05, 0.1) is 19.2 Å². The van der Waals surface area contributed by atoms with E-state index in [9.17, 15) is 4.79 Å². The molecule has 1 amide bonds. The van der Waals surface area contributed by atoms with Crippen LogP contribution in [0.2, 0.25) is 0 Å². The second-order valence-electron chi connectivity index (χ2n) is 6.54. The van der Waals surface area contributed by atoms with Crippen molar-refractivity contribution in [1.82, 2.24) is 9.99 Å². The molecular formula is C23H25N3O2. The lowest BCUT2D eigenvalue weighted by Gasteiger charge is -2.10. The maximum Gasteiger partial charge on any atom is 0.244 e. The molecule has 0 aliphatic heterocycles. The van der Waals surface area contributed by atoms with Gasteiger partial charge in [0.1, 0.15) is 5.75 Å². The third-order valence-electron chi connectivity index (χ3n) is 4.48. The summed E-state index contributed by atoms with van der Waals surface area (Å²) in [7, 11) is 0. The van der Waals surface area contributed by atoms with E-state index in [1.807, 2.05) is 68.4 Å². The van der Waals surface area contributed by atoms with Crippen LogP contribution >= 0.6 is 0 Å². The van der Waals surface area contributed by atoms with E-state index in [0.717, 1.165) is 34.0 Å². The molecule has 0 unspecified atom stereocenters. The van der Waals surface area contributed by atoms with Gasteiger partial charge in [0.15, 0.2) is 0 Å². The number of nitrogens with one attached hydrogen (secondary N) is 1. The van der Waals surface area contributed by atoms with Crippen molar-refractivity contribution < 1.29 is 9.53 Å². The molecule has 0 spiro atoms. The maximum absolute atomic E-state index is 12.0. The number of amides is 1. The van der Waals surface area contributed by atoms with Crippen molar-refractivity contribution in [3.05, 3.63) is 83.2 Å². The molecule has 3 rings (SSSR count). The number of rotatable bonds is 7. The summed E-state index contributed by atoms with van der Waals surface area (Å²) in [5.74, 6) is 0.722. The molecular weight excluding hydrogens is 350 g/mol. The highest BCUT2D eigenvalue weighted by Gasteiger charge is 2.10. The van der Waals surface area contributed by atoms with Crippen molar-refractivity contribution in [2.75, 3.05) is 6.61 Å². The van der Waals surface area contributed by atoms with Gasteiger partial charge in [0.25, 0.3) is 0 Å². The van der Waals surface area contributed by atoms with Crippen molar-refractivity contribution >= 4 is 12.1 Å². The molecule has 5 nitrogen and oxygen atoms in total. The van der Waals surface area contributed by atoms with Crippen LogP contribution in [-0.4, -0.2) is 23.3 Å². The normalized spacial score (nSPS) is 11.0. The highest BCUT2D eigenvalue weighted by atomic mass is 16.5. The van der Waals surface area contributed by atoms with Crippen molar-refractivity contribution in [3.8, 4) is 11.4 Å². The molecule has 28 heavy (non-hydrogen) atoms. The van der Waals surface area contributed by atoms with Crippen LogP contribution in [0.5, 0.6) is 5.75 Å². The van der Waals surface area contributed by atoms with Crippen LogP contribution < -0.4 is 10.2 Å². The zero-order valence-electron chi connectivity index (χ0n) is 16.5. The summed E-state index contributed by atoms with van der Waals surface area (Å²) >= 11 is 0. The summed E-state index contributed by atoms with van der Waals surface area (Å²) in [5, 5.41) is 4.13. The van der Waals surface area contributed by atoms with E-state index in [0.29, 0.717) is 13.0 Å². The van der Waals surface area contributed by atoms with Crippen molar-refractivity contribution in [2.24, 2.45) is 5.10 Å². The van der Waals surface area contributed by atoms with Gasteiger partial charge in [-0.3, -0.25) is 4.79 Å². The number of benzene rings is 2. The summed E-state index contributed by atoms with van der Waals surface area (Å²) < 4.78 is 7.67. The summed E-state index contributed by atoms with van der Waals surface area (Å²) in [6.07, 6.45) is 2.00. The first-order valence-electron chi connectivity index (χ1n) is 9.36. The summed E-state index contributed by atoms with van der Waals surface area (Å²) in [4.78, 5) is 12.0. The molecule has 1 aromatic heterocycles. The van der Waals surface area contributed by atoms with Crippen molar-refractivity contribution in [3.63, 3.8) is 0 Å². The largest absolute Gasteiger partial charge is 0.494 e. The predicted molar refractivity (Wildman–Crippen MR) is 112 cm³/mol. The van der Waals surface area contributed by atoms with Gasteiger partial charge in [0, 0.05) is 22.6 Å². The average Bonchev–Trinajstić information content (AvgIpc) is 2.97. The number of hydrogen-bond donors (Lipinski definition) is 1. The van der Waals surface area contributed by atoms with Gasteiger partial charge in [-0.1, -0.05) is 30.3 Å². The van der Waals surface area contributed by atoms with Gasteiger partial charge in [-0.25, -0.2) is 5.43 Å². The highest BCUT2D eigenvalue weighted by molar-refractivity contribution is 5.84. The van der Waals surface area contributed by atoms with E-state index in [2.05, 4.69) is 28.1 Å². The molecule has 0 aliphatic rings. The maximum atomic E-state index is 12.0. The molecule has 5 heteroatoms. The van der Waals surface area contributed by atoms with E-state index in [1.54, 1.807) is 6.21 Å². The second-order valence-corrected chi connectivity index (χ2v) is 6.54. The van der Waals surface area contributed by atoms with E-state index in [4.69, 9.17) is 4.74 Å². The van der Waals surface area contributed by atoms with Crippen LogP contribution in [-0.2, 0) is 11.2 Å². The molecule has 0 aliphatic carbocycles. The fourth-order valence-corrected chi connectivity index (χ4v) is 3.17. The van der Waals surface area contributed by atoms with Crippen LogP contribution in [0.1, 0.15) is 29.4 Å². The Morgan fingerprint density at radius 1 is 1.11 bits per heavy atom. The number of ether oxygens (including phenoxy) is 1. The van der Waals surface area contributed by atoms with Crippen molar-refractivity contribution in [2.45, 2.75) is 27.2 Å². The van der Waals surface area contributed by atoms with E-state index in [1.165, 1.54) is 0 Å². The topological polar surface area (TPSA) is 55.6 Å². The molecule has 0 saturated heterocycles. The first-order valence-corrected chi connectivity index (χ1v) is 9.36. The molecule has 0 atom stereocenters. The Morgan fingerprint density at radius 3 is 2.50 bits per heavy atom. The summed E-state index contributed by atoms with van der Waals surface area (Å²) in [6, 6.07) is 19.7. The van der Waals surface area contributed by atoms with Gasteiger partial charge < -0.3 is 9.30 Å². The SMILES string of the molecule is CCOc1ccc(-n2c(C)cc(/C=N/NC(=O)Cc3ccccc3)c2C)cc1. The van der Waals surface area contributed by atoms with Gasteiger partial charge in [-0.05, 0) is 56.7 Å². The lowest BCUT2D eigenvalue weighted by atomic mass is 10.1. The number of aromatic nitrogens is 1. The lowest BCUT2D eigenvalue weighted by molar-refractivity contribution is -0.120. The van der Waals surface area contributed by atoms with Crippen LogP contribution in [0.3, 0.4) is 0 Å². The van der Waals surface area contributed by atoms with Gasteiger partial charge >= 0.3 is 0 Å². The molecule has 0 fully saturated rings. The summed E-state index contributed by atoms with van der Waals surface area (Å²) in [6.45, 7) is 6.71. The van der Waals surface area contributed by atoms with Gasteiger partial charge in [-0.2, -0.15) is 5.10 Å². The third-order valence-corrected chi connectivity index (χ3v) is 4.48. The first kappa shape index (κ1) is 19.4. The average molecular weight is 375 g/mol. The Morgan fingerprint density at radius 2 is 1.82 bits per heavy atom. The molecule has 0 saturated carbocycles. The molecule has 0 radical (unpaired) electrons. The van der Waals surface area contributed by atoms with Gasteiger partial charge in [-0.15, -0.1) is 0 Å². The fraction of sp³-hybridized carbons (Fsp3) is 0.217. The van der Waals surface area contributed by atoms with Crippen LogP contribution in [0, 0.1) is 13.8 Å². The monoisotopic (exact) mass is 375 g/mol. The van der Waals surface area contributed by atoms with Crippen LogP contribution in [0.25, 0.3) is 5.69 Å². The minimum atomic E-state index is -0.136. The highest BCUT2D eigenvalue weighted by Crippen LogP contribution is 2.22. The smallest absolute Gasteiger partial charge is 0.244 e. The summed E-state index contributed by atoms with van der Waals surface area (Å²) in [5.41, 5.74) is 7.74. The zero-order chi connectivity index (χ0) is 19.9. The fourth-order valence-electron chi connectivity index (χ4n) is 3.17. The Bertz CT molecular complexity index is 958. The number of aryl methyl sites for hydroxylation is 1. The number of hydrogen-bond acceptors (Lipinski definition) is 3. The number of nitrogens with zero attached hydrogens (tertiary/aromatic N) is 2. The standard InChI is InChI=1S/C23H25N3O2/c1-4-28-22-12-10-21(11-13-22)26-17(2)14-20(18(26)3)16-24-25-23(27)15-19-8-6-5-7-9-19/h5-14,16H,4,15H2,1-3H3,(H,25,27)/b24-16+. The molecule has 1 heterocycles. The Hall–Kier alpha value is -3.34. The third kappa shape index (κ3) is 4.68. The molecule has 3 aromatic rings. The lowest BCUT2D eigenvalue weighted by Crippen LogP contribution is -2.19. The number of hydrazone groups is 1. The minimum Gasteiger partial charge on any atom is -0.494 e. The van der Waals surface area contributed by atoms with Gasteiger partial charge in [0.2, 0.25) is 5.91 Å². The van der Waals surface area contributed by atoms with E-state index in [-0.39, 0.29) is 5.91 Å². The second kappa shape index (κ2) is 9.04. The van der Waals surface area contributed by atoms with Crippen molar-refractivity contribution in [1.29, 1.82) is 0 Å². The Balaban J connectivity index is 1.69. The predicted octanol–water partition coefficient (Wildman–Crippen LogP) is 4.19. The molecule has 2 aromatic carbocycles. The Labute approximate surface area is 165 Å². The van der Waals surface area contributed by atoms with E-state index < -0.39 is 0 Å². The molecule has 1 N–H and O–H groups in total. The Kier molecular flexibility index (Phi) is 6.27. The quantitative estimate of drug-likeness (QED) is 0.497. The first-order chi connectivity index (χ1) is 13.6. The molecule has 144 valence electrons. The number of carbonyl (C=O) groups is 1. The molecule has 0 bridgehead atoms. The minimum absolute atomic E-state index is 0.136. The van der Waals surface area contributed by atoms with Crippen LogP contribution in [0.15, 0.2) is 65.8 Å².